The zero-order chi connectivity index (χ0) is 14.0. The van der Waals surface area contributed by atoms with Crippen LogP contribution in [0.5, 0.6) is 0 Å². The monoisotopic (exact) mass is 298 g/mol. The minimum absolute atomic E-state index is 0.130. The lowest BCUT2D eigenvalue weighted by molar-refractivity contribution is 0.469. The molecule has 0 bridgehead atoms. The molecule has 0 aliphatic rings. The summed E-state index contributed by atoms with van der Waals surface area (Å²) in [5.74, 6) is 0.291. The van der Waals surface area contributed by atoms with Crippen molar-refractivity contribution in [1.82, 2.24) is 14.3 Å². The maximum Gasteiger partial charge on any atom is 0.244 e. The van der Waals surface area contributed by atoms with Crippen LogP contribution >= 0.6 is 11.3 Å². The highest BCUT2D eigenvalue weighted by molar-refractivity contribution is 7.89. The number of hydrogen-bond donors (Lipinski definition) is 1. The fourth-order valence-corrected chi connectivity index (χ4v) is 3.53. The van der Waals surface area contributed by atoms with Crippen molar-refractivity contribution >= 4 is 27.2 Å². The molecule has 0 atom stereocenters. The molecule has 2 aromatic rings. The van der Waals surface area contributed by atoms with Crippen LogP contribution in [0.2, 0.25) is 0 Å². The molecule has 102 valence electrons. The Bertz CT molecular complexity index is 664. The van der Waals surface area contributed by atoms with E-state index in [9.17, 15) is 8.42 Å². The second-order valence-corrected chi connectivity index (χ2v) is 7.39. The van der Waals surface area contributed by atoms with Gasteiger partial charge in [-0.15, -0.1) is 11.3 Å². The van der Waals surface area contributed by atoms with Crippen LogP contribution in [0.15, 0.2) is 29.4 Å². The van der Waals surface area contributed by atoms with Crippen molar-refractivity contribution in [2.75, 3.05) is 12.8 Å². The van der Waals surface area contributed by atoms with Gasteiger partial charge < -0.3 is 5.73 Å². The number of hydrogen-bond acceptors (Lipinski definition) is 6. The highest BCUT2D eigenvalue weighted by atomic mass is 32.2. The molecule has 0 aromatic carbocycles. The van der Waals surface area contributed by atoms with Crippen molar-refractivity contribution in [2.24, 2.45) is 0 Å². The number of sulfonamides is 1. The zero-order valence-electron chi connectivity index (χ0n) is 10.6. The van der Waals surface area contributed by atoms with E-state index in [1.807, 2.05) is 6.92 Å². The summed E-state index contributed by atoms with van der Waals surface area (Å²) in [7, 11) is -2.02. The number of nitrogen functional groups attached to an aromatic ring is 1. The van der Waals surface area contributed by atoms with Crippen LogP contribution in [0.3, 0.4) is 0 Å². The summed E-state index contributed by atoms with van der Waals surface area (Å²) in [5.41, 5.74) is 5.45. The summed E-state index contributed by atoms with van der Waals surface area (Å²) in [6, 6.07) is 2.92. The van der Waals surface area contributed by atoms with Gasteiger partial charge in [0.2, 0.25) is 10.0 Å². The normalized spacial score (nSPS) is 11.9. The van der Waals surface area contributed by atoms with Crippen molar-refractivity contribution < 1.29 is 8.42 Å². The summed E-state index contributed by atoms with van der Waals surface area (Å²) in [6.07, 6.45) is 2.95. The molecule has 0 aliphatic carbocycles. The standard InChI is InChI=1S/C11H14N4O2S2/c1-8-13-5-9(18-8)7-15(2)19(16,17)10-3-4-11(12)14-6-10/h3-6H,7H2,1-2H3,(H2,12,14). The fourth-order valence-electron chi connectivity index (χ4n) is 1.51. The minimum Gasteiger partial charge on any atom is -0.384 e. The van der Waals surface area contributed by atoms with Crippen LogP contribution < -0.4 is 5.73 Å². The molecule has 6 nitrogen and oxygen atoms in total. The van der Waals surface area contributed by atoms with Gasteiger partial charge in [0.25, 0.3) is 0 Å². The quantitative estimate of drug-likeness (QED) is 0.917. The number of nitrogens with zero attached hydrogens (tertiary/aromatic N) is 3. The maximum absolute atomic E-state index is 12.3. The van der Waals surface area contributed by atoms with E-state index in [4.69, 9.17) is 5.73 Å². The second-order valence-electron chi connectivity index (χ2n) is 4.03. The molecule has 2 heterocycles. The smallest absolute Gasteiger partial charge is 0.244 e. The van der Waals surface area contributed by atoms with E-state index in [-0.39, 0.29) is 11.4 Å². The van der Waals surface area contributed by atoms with Crippen molar-refractivity contribution in [1.29, 1.82) is 0 Å². The van der Waals surface area contributed by atoms with E-state index in [2.05, 4.69) is 9.97 Å². The highest BCUT2D eigenvalue weighted by Gasteiger charge is 2.21. The third-order valence-corrected chi connectivity index (χ3v) is 5.20. The molecular formula is C11H14N4O2S2. The van der Waals surface area contributed by atoms with E-state index in [1.165, 1.54) is 41.0 Å². The fraction of sp³-hybridized carbons (Fsp3) is 0.273. The van der Waals surface area contributed by atoms with Gasteiger partial charge in [-0.1, -0.05) is 0 Å². The molecule has 0 fully saturated rings. The van der Waals surface area contributed by atoms with Gasteiger partial charge in [-0.2, -0.15) is 4.31 Å². The number of thiazole rings is 1. The molecule has 2 N–H and O–H groups in total. The third kappa shape index (κ3) is 3.09. The SMILES string of the molecule is Cc1ncc(CN(C)S(=O)(=O)c2ccc(N)nc2)s1. The number of pyridine rings is 1. The van der Waals surface area contributed by atoms with E-state index in [1.54, 1.807) is 6.20 Å². The molecule has 19 heavy (non-hydrogen) atoms. The first kappa shape index (κ1) is 13.9. The number of anilines is 1. The summed E-state index contributed by atoms with van der Waals surface area (Å²) in [5, 5.41) is 0.912. The first-order valence-corrected chi connectivity index (χ1v) is 7.74. The summed E-state index contributed by atoms with van der Waals surface area (Å²) < 4.78 is 25.8. The number of rotatable bonds is 4. The van der Waals surface area contributed by atoms with Crippen molar-refractivity contribution in [2.45, 2.75) is 18.4 Å². The average molecular weight is 298 g/mol. The molecule has 2 aromatic heterocycles. The van der Waals surface area contributed by atoms with Gasteiger partial charge in [-0.25, -0.2) is 18.4 Å². The topological polar surface area (TPSA) is 89.2 Å². The Hall–Kier alpha value is -1.51. The number of aryl methyl sites for hydroxylation is 1. The Kier molecular flexibility index (Phi) is 3.83. The molecule has 0 radical (unpaired) electrons. The highest BCUT2D eigenvalue weighted by Crippen LogP contribution is 2.19. The Morgan fingerprint density at radius 2 is 2.05 bits per heavy atom. The predicted octanol–water partition coefficient (Wildman–Crippen LogP) is 1.25. The Balaban J connectivity index is 2.21. The summed E-state index contributed by atoms with van der Waals surface area (Å²) in [4.78, 5) is 8.93. The summed E-state index contributed by atoms with van der Waals surface area (Å²) in [6.45, 7) is 2.17. The number of aromatic nitrogens is 2. The van der Waals surface area contributed by atoms with E-state index >= 15 is 0 Å². The minimum atomic E-state index is -3.55. The van der Waals surface area contributed by atoms with Crippen LogP contribution in [0.4, 0.5) is 5.82 Å². The van der Waals surface area contributed by atoms with Gasteiger partial charge in [0, 0.05) is 30.9 Å². The molecular weight excluding hydrogens is 284 g/mol. The van der Waals surface area contributed by atoms with Crippen LogP contribution in [-0.4, -0.2) is 29.7 Å². The van der Waals surface area contributed by atoms with Crippen molar-refractivity contribution in [3.05, 3.63) is 34.4 Å². The molecule has 0 aliphatic heterocycles. The molecule has 8 heteroatoms. The Morgan fingerprint density at radius 3 is 2.58 bits per heavy atom. The second kappa shape index (κ2) is 5.24. The van der Waals surface area contributed by atoms with E-state index < -0.39 is 10.0 Å². The Labute approximate surface area is 116 Å². The molecule has 0 amide bonds. The molecule has 0 spiro atoms. The number of nitrogens with two attached hydrogens (primary N) is 1. The van der Waals surface area contributed by atoms with Crippen molar-refractivity contribution in [3.8, 4) is 0 Å². The van der Waals surface area contributed by atoms with E-state index in [0.717, 1.165) is 9.88 Å². The van der Waals surface area contributed by atoms with E-state index in [0.29, 0.717) is 5.82 Å². The molecule has 0 saturated carbocycles. The van der Waals surface area contributed by atoms with Gasteiger partial charge in [0.05, 0.1) is 5.01 Å². The van der Waals surface area contributed by atoms with Gasteiger partial charge in [-0.05, 0) is 19.1 Å². The van der Waals surface area contributed by atoms with Crippen LogP contribution in [-0.2, 0) is 16.6 Å². The average Bonchev–Trinajstić information content (AvgIpc) is 2.75. The third-order valence-electron chi connectivity index (χ3n) is 2.52. The summed E-state index contributed by atoms with van der Waals surface area (Å²) >= 11 is 1.48. The van der Waals surface area contributed by atoms with Gasteiger partial charge in [-0.3, -0.25) is 0 Å². The van der Waals surface area contributed by atoms with Crippen LogP contribution in [0, 0.1) is 6.92 Å². The molecule has 0 saturated heterocycles. The van der Waals surface area contributed by atoms with Gasteiger partial charge in [0.1, 0.15) is 10.7 Å². The maximum atomic E-state index is 12.3. The van der Waals surface area contributed by atoms with Gasteiger partial charge in [0.15, 0.2) is 0 Å². The molecule has 2 rings (SSSR count). The first-order valence-electron chi connectivity index (χ1n) is 5.49. The first-order chi connectivity index (χ1) is 8.89. The van der Waals surface area contributed by atoms with Crippen molar-refractivity contribution in [3.63, 3.8) is 0 Å². The zero-order valence-corrected chi connectivity index (χ0v) is 12.2. The molecule has 0 unspecified atom stereocenters. The van der Waals surface area contributed by atoms with Crippen LogP contribution in [0.1, 0.15) is 9.88 Å². The van der Waals surface area contributed by atoms with Crippen LogP contribution in [0.25, 0.3) is 0 Å². The van der Waals surface area contributed by atoms with Gasteiger partial charge >= 0.3 is 0 Å². The lowest BCUT2D eigenvalue weighted by Gasteiger charge is -2.15. The lowest BCUT2D eigenvalue weighted by Crippen LogP contribution is -2.26. The lowest BCUT2D eigenvalue weighted by atomic mass is 10.5. The predicted molar refractivity (Wildman–Crippen MR) is 74.2 cm³/mol. The largest absolute Gasteiger partial charge is 0.384 e. The Morgan fingerprint density at radius 1 is 1.32 bits per heavy atom.